The van der Waals surface area contributed by atoms with E-state index in [-0.39, 0.29) is 11.7 Å². The number of hydrogen-bond donors (Lipinski definition) is 0. The molecule has 25 heavy (non-hydrogen) atoms. The molecule has 2 aromatic carbocycles. The van der Waals surface area contributed by atoms with Crippen LogP contribution in [0.3, 0.4) is 0 Å². The van der Waals surface area contributed by atoms with E-state index in [2.05, 4.69) is 0 Å². The lowest BCUT2D eigenvalue weighted by atomic mass is 10.0. The molecule has 0 saturated carbocycles. The topological polar surface area (TPSA) is 46.6 Å². The van der Waals surface area contributed by atoms with E-state index in [9.17, 15) is 8.42 Å². The minimum atomic E-state index is -3.33. The van der Waals surface area contributed by atoms with Gasteiger partial charge in [0.2, 0.25) is 10.0 Å². The average molecular weight is 380 g/mol. The Morgan fingerprint density at radius 2 is 1.80 bits per heavy atom. The first-order valence-corrected chi connectivity index (χ1v) is 10.4. The molecule has 3 rings (SSSR count). The summed E-state index contributed by atoms with van der Waals surface area (Å²) in [6, 6.07) is 16.6. The van der Waals surface area contributed by atoms with Crippen molar-refractivity contribution in [2.45, 2.75) is 18.6 Å². The lowest BCUT2D eigenvalue weighted by Crippen LogP contribution is -2.42. The van der Waals surface area contributed by atoms with Crippen LogP contribution in [0.4, 0.5) is 0 Å². The molecule has 2 aromatic rings. The van der Waals surface area contributed by atoms with Crippen LogP contribution in [0.15, 0.2) is 54.6 Å². The molecule has 1 aliphatic rings. The summed E-state index contributed by atoms with van der Waals surface area (Å²) in [5, 5.41) is 0.609. The zero-order valence-electron chi connectivity index (χ0n) is 14.0. The maximum absolute atomic E-state index is 12.7. The lowest BCUT2D eigenvalue weighted by molar-refractivity contribution is 0.180. The highest BCUT2D eigenvalue weighted by molar-refractivity contribution is 7.88. The van der Waals surface area contributed by atoms with Crippen LogP contribution < -0.4 is 4.74 Å². The lowest BCUT2D eigenvalue weighted by Gasteiger charge is -2.31. The summed E-state index contributed by atoms with van der Waals surface area (Å²) in [6.45, 7) is 1.64. The first-order valence-electron chi connectivity index (χ1n) is 8.43. The summed E-state index contributed by atoms with van der Waals surface area (Å²) in [7, 11) is -3.33. The van der Waals surface area contributed by atoms with E-state index in [4.69, 9.17) is 16.3 Å². The Balaban J connectivity index is 1.58. The van der Waals surface area contributed by atoms with E-state index >= 15 is 0 Å². The molecule has 134 valence electrons. The fraction of sp³-hybridized carbons (Fsp3) is 0.368. The fourth-order valence-corrected chi connectivity index (χ4v) is 4.80. The Labute approximate surface area is 154 Å². The van der Waals surface area contributed by atoms with Crippen molar-refractivity contribution in [1.82, 2.24) is 4.31 Å². The number of sulfonamides is 1. The molecule has 1 atom stereocenters. The maximum Gasteiger partial charge on any atom is 0.218 e. The minimum Gasteiger partial charge on any atom is -0.493 e. The summed E-state index contributed by atoms with van der Waals surface area (Å²) >= 11 is 5.86. The van der Waals surface area contributed by atoms with Crippen molar-refractivity contribution >= 4 is 21.6 Å². The highest BCUT2D eigenvalue weighted by Crippen LogP contribution is 2.23. The van der Waals surface area contributed by atoms with Gasteiger partial charge in [0.25, 0.3) is 0 Å². The van der Waals surface area contributed by atoms with Crippen LogP contribution in [-0.4, -0.2) is 32.4 Å². The molecule has 0 aromatic heterocycles. The van der Waals surface area contributed by atoms with Gasteiger partial charge in [-0.25, -0.2) is 12.7 Å². The van der Waals surface area contributed by atoms with E-state index in [0.29, 0.717) is 24.7 Å². The van der Waals surface area contributed by atoms with Crippen LogP contribution >= 0.6 is 11.6 Å². The summed E-state index contributed by atoms with van der Waals surface area (Å²) in [5.74, 6) is 1.05. The highest BCUT2D eigenvalue weighted by atomic mass is 35.5. The Hall–Kier alpha value is -1.56. The number of ether oxygens (including phenoxy) is 1. The van der Waals surface area contributed by atoms with Gasteiger partial charge in [0.05, 0.1) is 12.4 Å². The van der Waals surface area contributed by atoms with Gasteiger partial charge in [-0.15, -0.1) is 0 Å². The van der Waals surface area contributed by atoms with E-state index in [1.807, 2.05) is 30.3 Å². The molecule has 0 radical (unpaired) electrons. The van der Waals surface area contributed by atoms with Gasteiger partial charge < -0.3 is 4.74 Å². The molecule has 1 fully saturated rings. The van der Waals surface area contributed by atoms with Crippen molar-refractivity contribution in [2.75, 3.05) is 19.7 Å². The zero-order valence-corrected chi connectivity index (χ0v) is 15.5. The second kappa shape index (κ2) is 8.21. The zero-order chi connectivity index (χ0) is 17.7. The predicted molar refractivity (Wildman–Crippen MR) is 100 cm³/mol. The SMILES string of the molecule is O=S(=O)(Cc1ccc(Cl)cc1)N1CCCC(COc2ccccc2)C1. The molecule has 0 bridgehead atoms. The Kier molecular flexibility index (Phi) is 5.99. The number of nitrogens with zero attached hydrogens (tertiary/aromatic N) is 1. The Morgan fingerprint density at radius 1 is 1.08 bits per heavy atom. The van der Waals surface area contributed by atoms with Crippen molar-refractivity contribution in [1.29, 1.82) is 0 Å². The van der Waals surface area contributed by atoms with Gasteiger partial charge >= 0.3 is 0 Å². The third-order valence-electron chi connectivity index (χ3n) is 4.37. The molecule has 4 nitrogen and oxygen atoms in total. The number of rotatable bonds is 6. The normalized spacial score (nSPS) is 18.8. The smallest absolute Gasteiger partial charge is 0.218 e. The van der Waals surface area contributed by atoms with E-state index in [1.165, 1.54) is 0 Å². The third-order valence-corrected chi connectivity index (χ3v) is 6.43. The highest BCUT2D eigenvalue weighted by Gasteiger charge is 2.29. The molecule has 0 amide bonds. The average Bonchev–Trinajstić information content (AvgIpc) is 2.63. The molecule has 6 heteroatoms. The summed E-state index contributed by atoms with van der Waals surface area (Å²) < 4.78 is 32.8. The van der Waals surface area contributed by atoms with Crippen molar-refractivity contribution in [3.05, 3.63) is 65.2 Å². The number of halogens is 1. The van der Waals surface area contributed by atoms with Crippen molar-refractivity contribution in [3.8, 4) is 5.75 Å². The van der Waals surface area contributed by atoms with Crippen LogP contribution in [0.5, 0.6) is 5.75 Å². The maximum atomic E-state index is 12.7. The van der Waals surface area contributed by atoms with E-state index in [1.54, 1.807) is 28.6 Å². The van der Waals surface area contributed by atoms with Crippen LogP contribution in [0, 0.1) is 5.92 Å². The summed E-state index contributed by atoms with van der Waals surface area (Å²) in [6.07, 6.45) is 1.85. The molecule has 1 saturated heterocycles. The van der Waals surface area contributed by atoms with Gasteiger partial charge in [0.15, 0.2) is 0 Å². The summed E-state index contributed by atoms with van der Waals surface area (Å²) in [5.41, 5.74) is 0.757. The molecule has 1 heterocycles. The largest absolute Gasteiger partial charge is 0.493 e. The van der Waals surface area contributed by atoms with Gasteiger partial charge in [-0.3, -0.25) is 0 Å². The van der Waals surface area contributed by atoms with Crippen molar-refractivity contribution in [2.24, 2.45) is 5.92 Å². The van der Waals surface area contributed by atoms with Gasteiger partial charge in [-0.2, -0.15) is 0 Å². The molecule has 0 aliphatic carbocycles. The summed E-state index contributed by atoms with van der Waals surface area (Å²) in [4.78, 5) is 0. The first-order chi connectivity index (χ1) is 12.0. The molecular weight excluding hydrogens is 358 g/mol. The number of para-hydroxylation sites is 1. The van der Waals surface area contributed by atoms with E-state index < -0.39 is 10.0 Å². The van der Waals surface area contributed by atoms with Crippen LogP contribution in [0.1, 0.15) is 18.4 Å². The molecule has 1 aliphatic heterocycles. The van der Waals surface area contributed by atoms with Crippen LogP contribution in [0.2, 0.25) is 5.02 Å². The fourth-order valence-electron chi connectivity index (χ4n) is 3.03. The van der Waals surface area contributed by atoms with Gasteiger partial charge in [-0.05, 0) is 42.7 Å². The number of benzene rings is 2. The quantitative estimate of drug-likeness (QED) is 0.763. The van der Waals surface area contributed by atoms with Crippen LogP contribution in [-0.2, 0) is 15.8 Å². The third kappa shape index (κ3) is 5.21. The Bertz CT molecular complexity index is 778. The molecule has 0 N–H and O–H groups in total. The number of piperidine rings is 1. The second-order valence-corrected chi connectivity index (χ2v) is 8.78. The van der Waals surface area contributed by atoms with Crippen molar-refractivity contribution < 1.29 is 13.2 Å². The standard InChI is InChI=1S/C19H22ClNO3S/c20-18-10-8-16(9-11-18)15-25(22,23)21-12-4-5-17(13-21)14-24-19-6-2-1-3-7-19/h1-3,6-11,17H,4-5,12-15H2. The Morgan fingerprint density at radius 3 is 2.52 bits per heavy atom. The van der Waals surface area contributed by atoms with Crippen molar-refractivity contribution in [3.63, 3.8) is 0 Å². The van der Waals surface area contributed by atoms with Gasteiger partial charge in [-0.1, -0.05) is 41.9 Å². The minimum absolute atomic E-state index is 0.0103. The molecule has 1 unspecified atom stereocenters. The van der Waals surface area contributed by atoms with Gasteiger partial charge in [0, 0.05) is 24.0 Å². The van der Waals surface area contributed by atoms with Crippen LogP contribution in [0.25, 0.3) is 0 Å². The molecular formula is C19H22ClNO3S. The second-order valence-electron chi connectivity index (χ2n) is 6.37. The van der Waals surface area contributed by atoms with Gasteiger partial charge in [0.1, 0.15) is 5.75 Å². The monoisotopic (exact) mass is 379 g/mol. The first kappa shape index (κ1) is 18.2. The number of hydrogen-bond acceptors (Lipinski definition) is 3. The molecule has 0 spiro atoms. The van der Waals surface area contributed by atoms with E-state index in [0.717, 1.165) is 24.2 Å². The predicted octanol–water partition coefficient (Wildman–Crippen LogP) is 3.96.